The minimum absolute atomic E-state index is 0.290. The van der Waals surface area contributed by atoms with Crippen molar-refractivity contribution in [3.05, 3.63) is 41.0 Å². The third-order valence-electron chi connectivity index (χ3n) is 5.92. The molecule has 2 aliphatic rings. The lowest BCUT2D eigenvalue weighted by Gasteiger charge is -2.30. The molecule has 2 saturated heterocycles. The number of benzene rings is 1. The third kappa shape index (κ3) is 4.20. The minimum atomic E-state index is 0.290. The van der Waals surface area contributed by atoms with Gasteiger partial charge in [-0.15, -0.1) is 0 Å². The average molecular weight is 374 g/mol. The highest BCUT2D eigenvalue weighted by Crippen LogP contribution is 2.27. The van der Waals surface area contributed by atoms with Crippen molar-refractivity contribution in [3.63, 3.8) is 0 Å². The molecular formula is C21H28ClN3O. The van der Waals surface area contributed by atoms with E-state index in [1.165, 1.54) is 32.4 Å². The summed E-state index contributed by atoms with van der Waals surface area (Å²) < 4.78 is 0. The number of piperidine rings is 1. The molecule has 1 aromatic carbocycles. The van der Waals surface area contributed by atoms with Gasteiger partial charge in [0.15, 0.2) is 0 Å². The van der Waals surface area contributed by atoms with Gasteiger partial charge in [0, 0.05) is 43.2 Å². The van der Waals surface area contributed by atoms with Crippen LogP contribution in [0.15, 0.2) is 30.3 Å². The van der Waals surface area contributed by atoms with Crippen LogP contribution in [0.5, 0.6) is 0 Å². The highest BCUT2D eigenvalue weighted by molar-refractivity contribution is 6.31. The summed E-state index contributed by atoms with van der Waals surface area (Å²) in [6.07, 6.45) is 4.02. The first-order chi connectivity index (χ1) is 12.7. The number of aromatic nitrogens is 1. The topological polar surface area (TPSA) is 39.6 Å². The Morgan fingerprint density at radius 2 is 1.81 bits per heavy atom. The Labute approximate surface area is 160 Å². The predicted octanol–water partition coefficient (Wildman–Crippen LogP) is 3.41. The second-order valence-corrected chi connectivity index (χ2v) is 8.33. The summed E-state index contributed by atoms with van der Waals surface area (Å²) in [7, 11) is 0. The van der Waals surface area contributed by atoms with Gasteiger partial charge in [-0.1, -0.05) is 24.1 Å². The van der Waals surface area contributed by atoms with E-state index in [2.05, 4.69) is 21.9 Å². The standard InChI is InChI=1S/C21H28ClN3O/c22-19-5-7-21-16(10-19)4-6-20(23-21)14-25-12-17(18(13-25)15-26)11-24-8-2-1-3-9-24/h4-7,10,17-18,26H,1-3,8-9,11-15H2/t17-,18-/m0/s1. The fourth-order valence-corrected chi connectivity index (χ4v) is 4.69. The Hall–Kier alpha value is -1.20. The first-order valence-electron chi connectivity index (χ1n) is 9.82. The summed E-state index contributed by atoms with van der Waals surface area (Å²) in [5.74, 6) is 0.952. The maximum Gasteiger partial charge on any atom is 0.0706 e. The van der Waals surface area contributed by atoms with E-state index in [-0.39, 0.29) is 0 Å². The van der Waals surface area contributed by atoms with Crippen LogP contribution in [0, 0.1) is 11.8 Å². The molecule has 0 spiro atoms. The summed E-state index contributed by atoms with van der Waals surface area (Å²) in [4.78, 5) is 9.85. The number of halogens is 1. The van der Waals surface area contributed by atoms with Gasteiger partial charge in [0.05, 0.1) is 11.2 Å². The minimum Gasteiger partial charge on any atom is -0.396 e. The second-order valence-electron chi connectivity index (χ2n) is 7.90. The molecule has 0 unspecified atom stereocenters. The Kier molecular flexibility index (Phi) is 5.75. The van der Waals surface area contributed by atoms with Gasteiger partial charge in [-0.3, -0.25) is 9.88 Å². The number of nitrogens with zero attached hydrogens (tertiary/aromatic N) is 3. The Balaban J connectivity index is 1.41. The lowest BCUT2D eigenvalue weighted by molar-refractivity contribution is 0.149. The van der Waals surface area contributed by atoms with Gasteiger partial charge in [0.25, 0.3) is 0 Å². The predicted molar refractivity (Wildman–Crippen MR) is 106 cm³/mol. The molecule has 0 saturated carbocycles. The zero-order valence-corrected chi connectivity index (χ0v) is 16.0. The molecule has 0 bridgehead atoms. The Bertz CT molecular complexity index is 747. The summed E-state index contributed by atoms with van der Waals surface area (Å²) in [6.45, 7) is 6.75. The molecule has 1 N–H and O–H groups in total. The van der Waals surface area contributed by atoms with Gasteiger partial charge in [0.1, 0.15) is 0 Å². The van der Waals surface area contributed by atoms with Gasteiger partial charge < -0.3 is 10.0 Å². The molecule has 0 aliphatic carbocycles. The smallest absolute Gasteiger partial charge is 0.0706 e. The summed E-state index contributed by atoms with van der Waals surface area (Å²) >= 11 is 6.06. The quantitative estimate of drug-likeness (QED) is 0.871. The van der Waals surface area contributed by atoms with E-state index < -0.39 is 0 Å². The highest BCUT2D eigenvalue weighted by atomic mass is 35.5. The fourth-order valence-electron chi connectivity index (χ4n) is 4.51. The van der Waals surface area contributed by atoms with E-state index in [1.807, 2.05) is 18.2 Å². The molecule has 2 atom stereocenters. The van der Waals surface area contributed by atoms with Crippen molar-refractivity contribution in [1.82, 2.24) is 14.8 Å². The molecule has 1 aromatic heterocycles. The molecule has 26 heavy (non-hydrogen) atoms. The van der Waals surface area contributed by atoms with E-state index in [9.17, 15) is 5.11 Å². The van der Waals surface area contributed by atoms with Crippen LogP contribution in [0.2, 0.25) is 5.02 Å². The first kappa shape index (κ1) is 18.2. The Morgan fingerprint density at radius 1 is 1.00 bits per heavy atom. The van der Waals surface area contributed by atoms with Crippen LogP contribution >= 0.6 is 11.6 Å². The highest BCUT2D eigenvalue weighted by Gasteiger charge is 2.33. The fraction of sp³-hybridized carbons (Fsp3) is 0.571. The monoisotopic (exact) mass is 373 g/mol. The lowest BCUT2D eigenvalue weighted by Crippen LogP contribution is -2.37. The SMILES string of the molecule is OC[C@@H]1CN(Cc2ccc3cc(Cl)ccc3n2)C[C@@H]1CN1CCCCC1. The van der Waals surface area contributed by atoms with Crippen LogP contribution in [0.4, 0.5) is 0 Å². The van der Waals surface area contributed by atoms with Crippen molar-refractivity contribution < 1.29 is 5.11 Å². The molecule has 2 aliphatic heterocycles. The molecule has 4 rings (SSSR count). The second kappa shape index (κ2) is 8.22. The van der Waals surface area contributed by atoms with Gasteiger partial charge >= 0.3 is 0 Å². The molecule has 2 aromatic rings. The first-order valence-corrected chi connectivity index (χ1v) is 10.2. The Morgan fingerprint density at radius 3 is 2.62 bits per heavy atom. The number of hydrogen-bond acceptors (Lipinski definition) is 4. The van der Waals surface area contributed by atoms with Crippen molar-refractivity contribution in [3.8, 4) is 0 Å². The molecule has 3 heterocycles. The van der Waals surface area contributed by atoms with E-state index >= 15 is 0 Å². The number of rotatable bonds is 5. The molecule has 4 nitrogen and oxygen atoms in total. The van der Waals surface area contributed by atoms with E-state index in [0.717, 1.165) is 47.8 Å². The molecule has 2 fully saturated rings. The van der Waals surface area contributed by atoms with Crippen LogP contribution in [-0.2, 0) is 6.54 Å². The number of pyridine rings is 1. The maximum atomic E-state index is 9.84. The third-order valence-corrected chi connectivity index (χ3v) is 6.16. The zero-order chi connectivity index (χ0) is 17.9. The van der Waals surface area contributed by atoms with E-state index in [1.54, 1.807) is 0 Å². The van der Waals surface area contributed by atoms with Crippen LogP contribution in [0.1, 0.15) is 25.0 Å². The average Bonchev–Trinajstić information content (AvgIpc) is 3.04. The number of aliphatic hydroxyl groups is 1. The largest absolute Gasteiger partial charge is 0.396 e. The molecule has 0 radical (unpaired) electrons. The summed E-state index contributed by atoms with van der Waals surface area (Å²) in [6, 6.07) is 10.0. The normalized spacial score (nSPS) is 25.2. The maximum absolute atomic E-state index is 9.84. The van der Waals surface area contributed by atoms with Gasteiger partial charge in [0.2, 0.25) is 0 Å². The van der Waals surface area contributed by atoms with Crippen LogP contribution in [0.3, 0.4) is 0 Å². The van der Waals surface area contributed by atoms with E-state index in [4.69, 9.17) is 16.6 Å². The summed E-state index contributed by atoms with van der Waals surface area (Å²) in [5.41, 5.74) is 2.09. The van der Waals surface area contributed by atoms with Crippen LogP contribution in [0.25, 0.3) is 10.9 Å². The van der Waals surface area contributed by atoms with Crippen molar-refractivity contribution >= 4 is 22.5 Å². The number of likely N-dealkylation sites (tertiary alicyclic amines) is 2. The summed E-state index contributed by atoms with van der Waals surface area (Å²) in [5, 5.41) is 11.7. The van der Waals surface area contributed by atoms with Crippen molar-refractivity contribution in [1.29, 1.82) is 0 Å². The molecule has 140 valence electrons. The number of fused-ring (bicyclic) bond motifs is 1. The van der Waals surface area contributed by atoms with Crippen molar-refractivity contribution in [2.45, 2.75) is 25.8 Å². The van der Waals surface area contributed by atoms with Crippen molar-refractivity contribution in [2.24, 2.45) is 11.8 Å². The molecule has 0 amide bonds. The molecular weight excluding hydrogens is 346 g/mol. The van der Waals surface area contributed by atoms with Crippen LogP contribution < -0.4 is 0 Å². The zero-order valence-electron chi connectivity index (χ0n) is 15.3. The van der Waals surface area contributed by atoms with Gasteiger partial charge in [-0.05, 0) is 62.0 Å². The number of aliphatic hydroxyl groups excluding tert-OH is 1. The van der Waals surface area contributed by atoms with E-state index in [0.29, 0.717) is 18.4 Å². The molecule has 5 heteroatoms. The number of hydrogen-bond donors (Lipinski definition) is 1. The van der Waals surface area contributed by atoms with Gasteiger partial charge in [-0.25, -0.2) is 0 Å². The van der Waals surface area contributed by atoms with Gasteiger partial charge in [-0.2, -0.15) is 0 Å². The van der Waals surface area contributed by atoms with Crippen molar-refractivity contribution in [2.75, 3.05) is 39.3 Å². The lowest BCUT2D eigenvalue weighted by atomic mass is 9.95. The van der Waals surface area contributed by atoms with Crippen LogP contribution in [-0.4, -0.2) is 59.2 Å².